The molecule has 0 aliphatic carbocycles. The molecular formula is C36H30F2N6O2S2. The van der Waals surface area contributed by atoms with E-state index in [2.05, 4.69) is 31.0 Å². The molecule has 2 aromatic heterocycles. The fourth-order valence-corrected chi connectivity index (χ4v) is 6.71. The van der Waals surface area contributed by atoms with Gasteiger partial charge in [0.05, 0.1) is 12.8 Å². The molecule has 0 radical (unpaired) electrons. The van der Waals surface area contributed by atoms with Crippen LogP contribution in [-0.4, -0.2) is 32.2 Å². The summed E-state index contributed by atoms with van der Waals surface area (Å²) in [4.78, 5) is 25.3. The number of nitrogens with one attached hydrogen (secondary N) is 2. The van der Waals surface area contributed by atoms with Gasteiger partial charge in [0.25, 0.3) is 0 Å². The molecule has 242 valence electrons. The highest BCUT2D eigenvalue weighted by molar-refractivity contribution is 7.15. The molecule has 0 atom stereocenters. The number of hydrogen-bond donors (Lipinski definition) is 2. The molecule has 0 saturated heterocycles. The van der Waals surface area contributed by atoms with E-state index in [0.717, 1.165) is 56.2 Å². The average molecular weight is 681 g/mol. The Bertz CT molecular complexity index is 1900. The van der Waals surface area contributed by atoms with E-state index >= 15 is 0 Å². The van der Waals surface area contributed by atoms with Crippen molar-refractivity contribution in [3.63, 3.8) is 0 Å². The molecule has 4 aromatic carbocycles. The number of aryl methyl sites for hydroxylation is 2. The Kier molecular flexibility index (Phi) is 10.6. The Morgan fingerprint density at radius 3 is 1.35 bits per heavy atom. The first-order valence-electron chi connectivity index (χ1n) is 15.3. The summed E-state index contributed by atoms with van der Waals surface area (Å²) in [7, 11) is 0. The van der Waals surface area contributed by atoms with E-state index < -0.39 is 0 Å². The normalized spacial score (nSPS) is 11.0. The van der Waals surface area contributed by atoms with Gasteiger partial charge < -0.3 is 10.6 Å². The second-order valence-electron chi connectivity index (χ2n) is 11.1. The number of benzene rings is 4. The molecule has 6 aromatic rings. The topological polar surface area (TPSA) is 110 Å². The molecule has 8 nitrogen and oxygen atoms in total. The standard InChI is InChI=1S/C36H30F2N6O2S2/c37-29-13-5-11-27(21-29)25-9-3-7-23(17-25)19-31(45)39-35-43-41-33(47-35)15-1-2-16-34-42-44-36(48-34)40-32(46)20-24-8-4-10-26(18-24)28-12-6-14-30(38)22-28/h3-14,17-18,21-22H,1-2,15-16,19-20H2,(H,39,43,45)(H,40,44,46). The Labute approximate surface area is 283 Å². The molecule has 0 spiro atoms. The molecule has 48 heavy (non-hydrogen) atoms. The van der Waals surface area contributed by atoms with Crippen molar-refractivity contribution in [1.29, 1.82) is 0 Å². The van der Waals surface area contributed by atoms with Gasteiger partial charge in [-0.05, 0) is 70.5 Å². The second-order valence-corrected chi connectivity index (χ2v) is 13.2. The lowest BCUT2D eigenvalue weighted by Crippen LogP contribution is -2.14. The summed E-state index contributed by atoms with van der Waals surface area (Å²) in [5.74, 6) is -1.02. The average Bonchev–Trinajstić information content (AvgIpc) is 3.72. The van der Waals surface area contributed by atoms with Crippen LogP contribution < -0.4 is 10.6 Å². The molecule has 0 aliphatic rings. The summed E-state index contributed by atoms with van der Waals surface area (Å²) in [6.45, 7) is 0. The van der Waals surface area contributed by atoms with Crippen LogP contribution in [0.5, 0.6) is 0 Å². The Balaban J connectivity index is 0.917. The minimum atomic E-state index is -0.308. The van der Waals surface area contributed by atoms with Crippen molar-refractivity contribution in [2.45, 2.75) is 38.5 Å². The van der Waals surface area contributed by atoms with Crippen molar-refractivity contribution in [2.75, 3.05) is 10.6 Å². The lowest BCUT2D eigenvalue weighted by molar-refractivity contribution is -0.116. The molecule has 0 saturated carbocycles. The quantitative estimate of drug-likeness (QED) is 0.120. The van der Waals surface area contributed by atoms with Crippen molar-refractivity contribution in [1.82, 2.24) is 20.4 Å². The number of carbonyl (C=O) groups excluding carboxylic acids is 2. The maximum Gasteiger partial charge on any atom is 0.230 e. The predicted octanol–water partition coefficient (Wildman–Crippen LogP) is 7.93. The van der Waals surface area contributed by atoms with E-state index in [1.165, 1.54) is 46.9 Å². The molecule has 2 amide bonds. The van der Waals surface area contributed by atoms with Crippen molar-refractivity contribution < 1.29 is 18.4 Å². The van der Waals surface area contributed by atoms with Gasteiger partial charge in [-0.1, -0.05) is 95.5 Å². The summed E-state index contributed by atoms with van der Waals surface area (Å²) >= 11 is 2.69. The fraction of sp³-hybridized carbons (Fsp3) is 0.167. The summed E-state index contributed by atoms with van der Waals surface area (Å²) in [5.41, 5.74) is 4.81. The van der Waals surface area contributed by atoms with Gasteiger partial charge in [0.1, 0.15) is 21.6 Å². The molecule has 2 heterocycles. The van der Waals surface area contributed by atoms with Crippen LogP contribution in [0.15, 0.2) is 97.1 Å². The van der Waals surface area contributed by atoms with Crippen LogP contribution in [0.25, 0.3) is 22.3 Å². The number of anilines is 2. The van der Waals surface area contributed by atoms with Crippen LogP contribution in [-0.2, 0) is 35.3 Å². The molecule has 0 fully saturated rings. The summed E-state index contributed by atoms with van der Waals surface area (Å²) in [5, 5.41) is 24.8. The first-order valence-corrected chi connectivity index (χ1v) is 16.9. The maximum atomic E-state index is 13.6. The van der Waals surface area contributed by atoms with Gasteiger partial charge in [0.15, 0.2) is 0 Å². The monoisotopic (exact) mass is 680 g/mol. The van der Waals surface area contributed by atoms with Crippen molar-refractivity contribution in [2.24, 2.45) is 0 Å². The van der Waals surface area contributed by atoms with Gasteiger partial charge in [-0.3, -0.25) is 9.59 Å². The van der Waals surface area contributed by atoms with E-state index in [-0.39, 0.29) is 36.3 Å². The van der Waals surface area contributed by atoms with Gasteiger partial charge in [-0.15, -0.1) is 20.4 Å². The van der Waals surface area contributed by atoms with E-state index in [4.69, 9.17) is 0 Å². The van der Waals surface area contributed by atoms with Gasteiger partial charge in [-0.25, -0.2) is 8.78 Å². The molecule has 6 rings (SSSR count). The number of carbonyl (C=O) groups is 2. The third-order valence-corrected chi connectivity index (χ3v) is 9.15. The Morgan fingerprint density at radius 2 is 0.938 bits per heavy atom. The fourth-order valence-electron chi connectivity index (χ4n) is 5.12. The Morgan fingerprint density at radius 1 is 0.542 bits per heavy atom. The molecule has 0 aliphatic heterocycles. The molecular weight excluding hydrogens is 651 g/mol. The number of amides is 2. The minimum absolute atomic E-state index is 0.159. The number of halogens is 2. The van der Waals surface area contributed by atoms with Crippen molar-refractivity contribution >= 4 is 44.8 Å². The highest BCUT2D eigenvalue weighted by Crippen LogP contribution is 2.24. The minimum Gasteiger partial charge on any atom is -0.300 e. The molecule has 2 N–H and O–H groups in total. The zero-order chi connectivity index (χ0) is 33.3. The van der Waals surface area contributed by atoms with Crippen LogP contribution in [0.2, 0.25) is 0 Å². The summed E-state index contributed by atoms with van der Waals surface area (Å²) in [6.07, 6.45) is 3.43. The summed E-state index contributed by atoms with van der Waals surface area (Å²) in [6, 6.07) is 27.7. The number of hydrogen-bond acceptors (Lipinski definition) is 8. The van der Waals surface area contributed by atoms with E-state index in [0.29, 0.717) is 23.1 Å². The molecule has 0 unspecified atom stereocenters. The number of aromatic nitrogens is 4. The van der Waals surface area contributed by atoms with Crippen LogP contribution in [0.4, 0.5) is 19.0 Å². The van der Waals surface area contributed by atoms with Crippen LogP contribution in [0.1, 0.15) is 34.0 Å². The van der Waals surface area contributed by atoms with E-state index in [1.807, 2.05) is 60.7 Å². The second kappa shape index (κ2) is 15.6. The Hall–Kier alpha value is -5.20. The van der Waals surface area contributed by atoms with Crippen molar-refractivity contribution in [3.8, 4) is 22.3 Å². The van der Waals surface area contributed by atoms with Crippen LogP contribution >= 0.6 is 22.7 Å². The van der Waals surface area contributed by atoms with Gasteiger partial charge in [-0.2, -0.15) is 0 Å². The lowest BCUT2D eigenvalue weighted by Gasteiger charge is -2.06. The highest BCUT2D eigenvalue weighted by Gasteiger charge is 2.12. The number of nitrogens with zero attached hydrogens (tertiary/aromatic N) is 4. The van der Waals surface area contributed by atoms with E-state index in [9.17, 15) is 18.4 Å². The largest absolute Gasteiger partial charge is 0.300 e. The maximum absolute atomic E-state index is 13.6. The van der Waals surface area contributed by atoms with Gasteiger partial charge in [0.2, 0.25) is 22.1 Å². The highest BCUT2D eigenvalue weighted by atomic mass is 32.1. The predicted molar refractivity (Wildman–Crippen MR) is 185 cm³/mol. The zero-order valence-corrected chi connectivity index (χ0v) is 27.3. The van der Waals surface area contributed by atoms with Gasteiger partial charge in [0, 0.05) is 12.8 Å². The van der Waals surface area contributed by atoms with E-state index in [1.54, 1.807) is 12.1 Å². The molecule has 12 heteroatoms. The lowest BCUT2D eigenvalue weighted by atomic mass is 10.0. The zero-order valence-electron chi connectivity index (χ0n) is 25.7. The van der Waals surface area contributed by atoms with Crippen LogP contribution in [0.3, 0.4) is 0 Å². The first kappa shape index (κ1) is 32.7. The van der Waals surface area contributed by atoms with Crippen molar-refractivity contribution in [3.05, 3.63) is 130 Å². The third-order valence-electron chi connectivity index (χ3n) is 7.36. The third kappa shape index (κ3) is 9.20. The SMILES string of the molecule is O=C(Cc1cccc(-c2cccc(F)c2)c1)Nc1nnc(CCCCc2nnc(NC(=O)Cc3cccc(-c4cccc(F)c4)c3)s2)s1. The smallest absolute Gasteiger partial charge is 0.230 e. The van der Waals surface area contributed by atoms with Gasteiger partial charge >= 0.3 is 0 Å². The first-order chi connectivity index (χ1) is 23.4. The molecule has 0 bridgehead atoms. The summed E-state index contributed by atoms with van der Waals surface area (Å²) < 4.78 is 27.3. The number of rotatable bonds is 13. The van der Waals surface area contributed by atoms with Crippen LogP contribution in [0, 0.1) is 11.6 Å². The number of unbranched alkanes of at least 4 members (excludes halogenated alkanes) is 1.